The highest BCUT2D eigenvalue weighted by Crippen LogP contribution is 2.26. The first-order valence-corrected chi connectivity index (χ1v) is 20.3. The predicted octanol–water partition coefficient (Wildman–Crippen LogP) is 9.89. The Morgan fingerprint density at radius 3 is 1.77 bits per heavy atom. The third-order valence-corrected chi connectivity index (χ3v) is 10.4. The number of anilines is 3. The van der Waals surface area contributed by atoms with E-state index >= 15 is 0 Å². The number of nitrogens with one attached hydrogen (secondary N) is 6. The fourth-order valence-corrected chi connectivity index (χ4v) is 7.36. The molecule has 2 aromatic heterocycles. The van der Waals surface area contributed by atoms with Crippen molar-refractivity contribution in [1.29, 1.82) is 0 Å². The second-order valence-electron chi connectivity index (χ2n) is 14.1. The van der Waals surface area contributed by atoms with Crippen LogP contribution in [0.1, 0.15) is 64.2 Å². The molecular formula is C42H46Cl2N10O2S. The number of nitrogens with two attached hydrogens (primary N) is 1. The predicted molar refractivity (Wildman–Crippen MR) is 236 cm³/mol. The van der Waals surface area contributed by atoms with Crippen LogP contribution in [0, 0.1) is 11.8 Å². The summed E-state index contributed by atoms with van der Waals surface area (Å²) in [5.41, 5.74) is 10.4. The van der Waals surface area contributed by atoms with Gasteiger partial charge in [0.25, 0.3) is 0 Å². The molecule has 0 atom stereocenters. The highest BCUT2D eigenvalue weighted by atomic mass is 35.5. The summed E-state index contributed by atoms with van der Waals surface area (Å²) in [6, 6.07) is 26.0. The van der Waals surface area contributed by atoms with E-state index in [1.807, 2.05) is 60.7 Å². The summed E-state index contributed by atoms with van der Waals surface area (Å²) in [5.74, 6) is 0.564. The van der Waals surface area contributed by atoms with Crippen LogP contribution < -0.4 is 27.0 Å². The molecule has 12 nitrogen and oxygen atoms in total. The molecule has 0 radical (unpaired) electrons. The van der Waals surface area contributed by atoms with Gasteiger partial charge in [-0.3, -0.25) is 25.1 Å². The molecule has 2 aliphatic carbocycles. The number of fused-ring (bicyclic) bond motifs is 2. The average molecular weight is 826 g/mol. The van der Waals surface area contributed by atoms with Gasteiger partial charge in [-0.15, -0.1) is 0 Å². The van der Waals surface area contributed by atoms with Gasteiger partial charge in [0.1, 0.15) is 0 Å². The van der Waals surface area contributed by atoms with Crippen molar-refractivity contribution in [3.8, 4) is 0 Å². The molecule has 57 heavy (non-hydrogen) atoms. The zero-order chi connectivity index (χ0) is 40.0. The first kappa shape index (κ1) is 41.1. The number of benzene rings is 4. The lowest BCUT2D eigenvalue weighted by Gasteiger charge is -2.21. The number of aromatic nitrogens is 4. The molecule has 2 fully saturated rings. The SMILES string of the molecule is Nc1ccc2cn[nH]c2c1.O=C(NC(=Nc1ccc2cn[nH]c2c1)Nc1cccc(Cl)c1)C1CCCCC1.O=C(NC(=S)Nc1cccc(Cl)c1)C1CCCCC1. The topological polar surface area (TPSA) is 178 Å². The first-order valence-electron chi connectivity index (χ1n) is 19.1. The van der Waals surface area contributed by atoms with E-state index in [1.54, 1.807) is 36.7 Å². The van der Waals surface area contributed by atoms with Gasteiger partial charge in [-0.05, 0) is 111 Å². The fourth-order valence-electron chi connectivity index (χ4n) is 6.76. The molecule has 15 heteroatoms. The molecule has 2 saturated carbocycles. The number of hydrogen-bond acceptors (Lipinski definition) is 7. The van der Waals surface area contributed by atoms with E-state index in [0.29, 0.717) is 26.8 Å². The highest BCUT2D eigenvalue weighted by Gasteiger charge is 2.23. The maximum Gasteiger partial charge on any atom is 0.229 e. The number of thiocarbonyl (C=S) groups is 1. The number of halogens is 2. The highest BCUT2D eigenvalue weighted by molar-refractivity contribution is 7.80. The van der Waals surface area contributed by atoms with E-state index in [-0.39, 0.29) is 23.7 Å². The molecule has 0 aliphatic heterocycles. The Morgan fingerprint density at radius 2 is 1.19 bits per heavy atom. The summed E-state index contributed by atoms with van der Waals surface area (Å²) in [7, 11) is 0. The number of carbonyl (C=O) groups excluding carboxylic acids is 2. The number of hydrogen-bond donors (Lipinski definition) is 7. The summed E-state index contributed by atoms with van der Waals surface area (Å²) >= 11 is 17.1. The van der Waals surface area contributed by atoms with Gasteiger partial charge in [-0.25, -0.2) is 4.99 Å². The van der Waals surface area contributed by atoms with Crippen LogP contribution in [0.4, 0.5) is 22.7 Å². The molecule has 0 unspecified atom stereocenters. The summed E-state index contributed by atoms with van der Waals surface area (Å²) in [6.07, 6.45) is 14.2. The minimum Gasteiger partial charge on any atom is -0.399 e. The number of guanidine groups is 1. The molecule has 8 rings (SSSR count). The van der Waals surface area contributed by atoms with Crippen molar-refractivity contribution >= 4 is 103 Å². The Kier molecular flexibility index (Phi) is 14.9. The molecule has 2 amide bonds. The first-order chi connectivity index (χ1) is 27.7. The second kappa shape index (κ2) is 20.6. The van der Waals surface area contributed by atoms with Gasteiger partial charge in [0.15, 0.2) is 5.11 Å². The maximum absolute atomic E-state index is 12.8. The van der Waals surface area contributed by atoms with E-state index in [2.05, 4.69) is 46.7 Å². The van der Waals surface area contributed by atoms with Crippen molar-refractivity contribution in [3.05, 3.63) is 107 Å². The largest absolute Gasteiger partial charge is 0.399 e. The van der Waals surface area contributed by atoms with Crippen LogP contribution in [0.5, 0.6) is 0 Å². The standard InChI is InChI=1S/C21H22ClN5O.C14H17ClN2OS.C7H7N3/c22-16-7-4-8-17(11-16)24-21(26-20(28)14-5-2-1-3-6-14)25-18-10-9-15-13-23-27-19(15)12-18;15-11-7-4-8-12(9-11)16-14(19)17-13(18)10-5-2-1-3-6-10;8-6-2-1-5-4-9-10-7(5)3-6/h4,7-14H,1-3,5-6H2,(H,23,27)(H2,24,25,26,28);4,7-10H,1-3,5-6H2,(H2,16,17,18,19);1-4H,8H2,(H,9,10). The van der Waals surface area contributed by atoms with Crippen molar-refractivity contribution in [1.82, 2.24) is 31.0 Å². The molecule has 0 bridgehead atoms. The number of nitrogens with zero attached hydrogens (tertiary/aromatic N) is 3. The lowest BCUT2D eigenvalue weighted by atomic mass is 9.89. The maximum atomic E-state index is 12.8. The number of H-pyrrole nitrogens is 2. The molecule has 8 N–H and O–H groups in total. The molecular weight excluding hydrogens is 780 g/mol. The monoisotopic (exact) mass is 824 g/mol. The van der Waals surface area contributed by atoms with E-state index in [0.717, 1.165) is 90.2 Å². The number of rotatable bonds is 5. The van der Waals surface area contributed by atoms with Crippen LogP contribution in [0.25, 0.3) is 21.8 Å². The molecule has 6 aromatic rings. The Bertz CT molecular complexity index is 2310. The van der Waals surface area contributed by atoms with Crippen LogP contribution in [0.15, 0.2) is 102 Å². The Hall–Kier alpha value is -5.50. The van der Waals surface area contributed by atoms with E-state index in [4.69, 9.17) is 41.2 Å². The van der Waals surface area contributed by atoms with Gasteiger partial charge in [-0.1, -0.05) is 73.9 Å². The van der Waals surface area contributed by atoms with E-state index in [1.165, 1.54) is 12.8 Å². The van der Waals surface area contributed by atoms with E-state index < -0.39 is 0 Å². The third-order valence-electron chi connectivity index (χ3n) is 9.73. The Labute approximate surface area is 346 Å². The molecule has 4 aromatic carbocycles. The smallest absolute Gasteiger partial charge is 0.229 e. The quantitative estimate of drug-likeness (QED) is 0.0389. The summed E-state index contributed by atoms with van der Waals surface area (Å²) in [6.45, 7) is 0. The number of aliphatic imine (C=N–C) groups is 1. The molecule has 0 saturated heterocycles. The average Bonchev–Trinajstić information content (AvgIpc) is 3.88. The number of aromatic amines is 2. The molecule has 0 spiro atoms. The van der Waals surface area contributed by atoms with Crippen LogP contribution in [0.3, 0.4) is 0 Å². The van der Waals surface area contributed by atoms with Crippen LogP contribution in [-0.2, 0) is 9.59 Å². The van der Waals surface area contributed by atoms with Gasteiger partial charge in [0.2, 0.25) is 17.8 Å². The van der Waals surface area contributed by atoms with E-state index in [9.17, 15) is 9.59 Å². The van der Waals surface area contributed by atoms with Crippen molar-refractivity contribution in [2.24, 2.45) is 16.8 Å². The van der Waals surface area contributed by atoms with Gasteiger partial charge in [-0.2, -0.15) is 10.2 Å². The lowest BCUT2D eigenvalue weighted by molar-refractivity contribution is -0.125. The van der Waals surface area contributed by atoms with Gasteiger partial charge >= 0.3 is 0 Å². The van der Waals surface area contributed by atoms with Gasteiger partial charge in [0.05, 0.1) is 29.1 Å². The normalized spacial score (nSPS) is 14.7. The number of nitrogen functional groups attached to an aromatic ring is 1. The van der Waals surface area contributed by atoms with Crippen LogP contribution in [-0.4, -0.2) is 43.3 Å². The zero-order valence-electron chi connectivity index (χ0n) is 31.4. The summed E-state index contributed by atoms with van der Waals surface area (Å²) < 4.78 is 0. The van der Waals surface area contributed by atoms with Crippen LogP contribution >= 0.6 is 35.4 Å². The zero-order valence-corrected chi connectivity index (χ0v) is 33.7. The molecule has 296 valence electrons. The van der Waals surface area contributed by atoms with Gasteiger partial charge in [0, 0.05) is 49.7 Å². The lowest BCUT2D eigenvalue weighted by Crippen LogP contribution is -2.40. The number of carbonyl (C=O) groups is 2. The molecule has 2 heterocycles. The number of amides is 2. The Balaban J connectivity index is 0.000000162. The van der Waals surface area contributed by atoms with Crippen molar-refractivity contribution in [2.75, 3.05) is 16.4 Å². The minimum atomic E-state index is 0.00981. The van der Waals surface area contributed by atoms with Crippen molar-refractivity contribution in [2.45, 2.75) is 64.2 Å². The second-order valence-corrected chi connectivity index (χ2v) is 15.3. The van der Waals surface area contributed by atoms with Crippen molar-refractivity contribution in [3.63, 3.8) is 0 Å². The third kappa shape index (κ3) is 12.8. The summed E-state index contributed by atoms with van der Waals surface area (Å²) in [4.78, 5) is 29.4. The van der Waals surface area contributed by atoms with Crippen LogP contribution in [0.2, 0.25) is 10.0 Å². The summed E-state index contributed by atoms with van der Waals surface area (Å²) in [5, 5.41) is 29.2. The molecule has 2 aliphatic rings. The Morgan fingerprint density at radius 1 is 0.667 bits per heavy atom. The van der Waals surface area contributed by atoms with Gasteiger partial charge < -0.3 is 21.7 Å². The minimum absolute atomic E-state index is 0.00981. The van der Waals surface area contributed by atoms with Crippen molar-refractivity contribution < 1.29 is 9.59 Å². The fraction of sp³-hybridized carbons (Fsp3) is 0.286.